The van der Waals surface area contributed by atoms with E-state index in [1.165, 1.54) is 44.2 Å². The minimum absolute atomic E-state index is 0.148. The fourth-order valence-corrected chi connectivity index (χ4v) is 2.98. The molecular weight excluding hydrogens is 279 g/mol. The zero-order valence-corrected chi connectivity index (χ0v) is 11.9. The van der Waals surface area contributed by atoms with Crippen LogP contribution in [0.25, 0.3) is 0 Å². The van der Waals surface area contributed by atoms with Gasteiger partial charge in [0, 0.05) is 12.6 Å². The van der Waals surface area contributed by atoms with Gasteiger partial charge in [-0.15, -0.1) is 13.2 Å². The van der Waals surface area contributed by atoms with Crippen molar-refractivity contribution in [2.24, 2.45) is 5.41 Å². The molecule has 0 atom stereocenters. The molecule has 2 aliphatic carbocycles. The zero-order chi connectivity index (χ0) is 14.9. The van der Waals surface area contributed by atoms with Crippen molar-refractivity contribution in [2.75, 3.05) is 6.54 Å². The van der Waals surface area contributed by atoms with Crippen molar-refractivity contribution < 1.29 is 17.9 Å². The Hall–Kier alpha value is -1.23. The predicted molar refractivity (Wildman–Crippen MR) is 74.1 cm³/mol. The Kier molecular flexibility index (Phi) is 3.86. The Balaban J connectivity index is 1.58. The molecule has 2 aliphatic rings. The second-order valence-electron chi connectivity index (χ2n) is 6.38. The molecule has 0 unspecified atom stereocenters. The molecule has 5 heteroatoms. The van der Waals surface area contributed by atoms with E-state index in [1.807, 2.05) is 0 Å². The van der Waals surface area contributed by atoms with Gasteiger partial charge in [-0.1, -0.05) is 18.6 Å². The van der Waals surface area contributed by atoms with Crippen LogP contribution >= 0.6 is 0 Å². The fraction of sp³-hybridized carbons (Fsp3) is 0.625. The van der Waals surface area contributed by atoms with Gasteiger partial charge in [0.05, 0.1) is 0 Å². The van der Waals surface area contributed by atoms with Crippen molar-refractivity contribution >= 4 is 0 Å². The summed E-state index contributed by atoms with van der Waals surface area (Å²) in [5, 5.41) is 3.59. The number of hydrogen-bond acceptors (Lipinski definition) is 2. The van der Waals surface area contributed by atoms with Gasteiger partial charge in [-0.3, -0.25) is 0 Å². The summed E-state index contributed by atoms with van der Waals surface area (Å²) < 4.78 is 40.3. The first-order valence-electron chi connectivity index (χ1n) is 7.52. The highest BCUT2D eigenvalue weighted by molar-refractivity contribution is 5.28. The molecule has 21 heavy (non-hydrogen) atoms. The summed E-state index contributed by atoms with van der Waals surface area (Å²) in [6, 6.07) is 7.01. The van der Waals surface area contributed by atoms with Crippen molar-refractivity contribution in [2.45, 2.75) is 50.9 Å². The minimum atomic E-state index is -4.62. The Morgan fingerprint density at radius 2 is 1.81 bits per heavy atom. The molecule has 0 bridgehead atoms. The third-order valence-corrected chi connectivity index (χ3v) is 4.49. The third kappa shape index (κ3) is 4.13. The fourth-order valence-electron chi connectivity index (χ4n) is 2.98. The van der Waals surface area contributed by atoms with Crippen LogP contribution in [0.3, 0.4) is 0 Å². The maximum Gasteiger partial charge on any atom is 0.573 e. The van der Waals surface area contributed by atoms with Crippen molar-refractivity contribution in [3.05, 3.63) is 29.8 Å². The van der Waals surface area contributed by atoms with Crippen molar-refractivity contribution in [1.29, 1.82) is 0 Å². The molecule has 0 saturated heterocycles. The minimum Gasteiger partial charge on any atom is -0.406 e. The van der Waals surface area contributed by atoms with E-state index in [4.69, 9.17) is 0 Å². The zero-order valence-electron chi connectivity index (χ0n) is 11.9. The highest BCUT2D eigenvalue weighted by Gasteiger charge is 2.38. The number of halogens is 3. The smallest absolute Gasteiger partial charge is 0.406 e. The van der Waals surface area contributed by atoms with E-state index in [2.05, 4.69) is 10.1 Å². The molecular formula is C16H20F3NO. The molecule has 1 aromatic rings. The average molecular weight is 299 g/mol. The van der Waals surface area contributed by atoms with Crippen LogP contribution in [0.2, 0.25) is 0 Å². The molecule has 3 rings (SSSR count). The molecule has 1 N–H and O–H groups in total. The van der Waals surface area contributed by atoms with Gasteiger partial charge in [0.15, 0.2) is 0 Å². The van der Waals surface area contributed by atoms with E-state index in [0.29, 0.717) is 11.5 Å². The van der Waals surface area contributed by atoms with Gasteiger partial charge in [0.25, 0.3) is 0 Å². The third-order valence-electron chi connectivity index (χ3n) is 4.49. The van der Waals surface area contributed by atoms with Gasteiger partial charge in [-0.25, -0.2) is 0 Å². The highest BCUT2D eigenvalue weighted by Crippen LogP contribution is 2.44. The van der Waals surface area contributed by atoms with Gasteiger partial charge < -0.3 is 10.1 Å². The van der Waals surface area contributed by atoms with Crippen LogP contribution in [-0.2, 0) is 6.42 Å². The quantitative estimate of drug-likeness (QED) is 0.855. The Bertz CT molecular complexity index is 475. The van der Waals surface area contributed by atoms with Gasteiger partial charge >= 0.3 is 6.36 Å². The Labute approximate surface area is 122 Å². The maximum absolute atomic E-state index is 12.1. The molecule has 2 saturated carbocycles. The van der Waals surface area contributed by atoms with E-state index in [-0.39, 0.29) is 5.75 Å². The first-order valence-corrected chi connectivity index (χ1v) is 7.52. The molecule has 2 fully saturated rings. The van der Waals surface area contributed by atoms with E-state index < -0.39 is 6.36 Å². The average Bonchev–Trinajstić information content (AvgIpc) is 3.17. The lowest BCUT2D eigenvalue weighted by atomic mass is 9.65. The first kappa shape index (κ1) is 14.7. The van der Waals surface area contributed by atoms with Crippen LogP contribution in [-0.4, -0.2) is 18.9 Å². The normalized spacial score (nSPS) is 20.9. The number of ether oxygens (including phenoxy) is 1. The topological polar surface area (TPSA) is 21.3 Å². The molecule has 0 amide bonds. The van der Waals surface area contributed by atoms with Crippen LogP contribution in [0.4, 0.5) is 13.2 Å². The molecule has 0 heterocycles. The second-order valence-corrected chi connectivity index (χ2v) is 6.38. The van der Waals surface area contributed by atoms with Crippen molar-refractivity contribution in [1.82, 2.24) is 5.32 Å². The standard InChI is InChI=1S/C16H20F3NO/c17-16(18,19)21-14-6-2-12(3-7-14)10-15(8-1-9-15)11-20-13-4-5-13/h2-3,6-7,13,20H,1,4-5,8-11H2. The number of hydrogen-bond donors (Lipinski definition) is 1. The van der Waals surface area contributed by atoms with E-state index in [9.17, 15) is 13.2 Å². The van der Waals surface area contributed by atoms with E-state index in [1.54, 1.807) is 12.1 Å². The summed E-state index contributed by atoms with van der Waals surface area (Å²) in [4.78, 5) is 0. The van der Waals surface area contributed by atoms with Crippen molar-refractivity contribution in [3.8, 4) is 5.75 Å². The predicted octanol–water partition coefficient (Wildman–Crippen LogP) is 4.05. The maximum atomic E-state index is 12.1. The monoisotopic (exact) mass is 299 g/mol. The van der Waals surface area contributed by atoms with Gasteiger partial charge in [-0.2, -0.15) is 0 Å². The number of benzene rings is 1. The Morgan fingerprint density at radius 1 is 1.14 bits per heavy atom. The van der Waals surface area contributed by atoms with Crippen molar-refractivity contribution in [3.63, 3.8) is 0 Å². The molecule has 0 radical (unpaired) electrons. The van der Waals surface area contributed by atoms with E-state index >= 15 is 0 Å². The lowest BCUT2D eigenvalue weighted by molar-refractivity contribution is -0.274. The van der Waals surface area contributed by atoms with Gasteiger partial charge in [0.2, 0.25) is 0 Å². The number of nitrogens with one attached hydrogen (secondary N) is 1. The summed E-state index contributed by atoms with van der Waals surface area (Å²) in [6.07, 6.45) is 2.52. The lowest BCUT2D eigenvalue weighted by Gasteiger charge is -2.42. The van der Waals surface area contributed by atoms with Gasteiger partial charge in [0.1, 0.15) is 5.75 Å². The van der Waals surface area contributed by atoms with Crippen LogP contribution in [0.1, 0.15) is 37.7 Å². The molecule has 0 spiro atoms. The number of alkyl halides is 3. The second kappa shape index (κ2) is 5.52. The SMILES string of the molecule is FC(F)(F)Oc1ccc(CC2(CNC3CC3)CCC2)cc1. The van der Waals surface area contributed by atoms with E-state index in [0.717, 1.165) is 18.5 Å². The molecule has 0 aliphatic heterocycles. The van der Waals surface area contributed by atoms with Crippen LogP contribution in [0, 0.1) is 5.41 Å². The molecule has 0 aromatic heterocycles. The Morgan fingerprint density at radius 3 is 2.29 bits per heavy atom. The van der Waals surface area contributed by atoms with Crippen LogP contribution in [0.5, 0.6) is 5.75 Å². The van der Waals surface area contributed by atoms with Crippen LogP contribution in [0.15, 0.2) is 24.3 Å². The summed E-state index contributed by atoms with van der Waals surface area (Å²) in [5.41, 5.74) is 1.39. The molecule has 116 valence electrons. The summed E-state index contributed by atoms with van der Waals surface area (Å²) in [7, 11) is 0. The first-order chi connectivity index (χ1) is 9.94. The highest BCUT2D eigenvalue weighted by atomic mass is 19.4. The summed E-state index contributed by atoms with van der Waals surface area (Å²) in [5.74, 6) is -0.148. The summed E-state index contributed by atoms with van der Waals surface area (Å²) in [6.45, 7) is 1.03. The van der Waals surface area contributed by atoms with Crippen LogP contribution < -0.4 is 10.1 Å². The number of rotatable bonds is 6. The largest absolute Gasteiger partial charge is 0.573 e. The molecule has 2 nitrogen and oxygen atoms in total. The summed E-state index contributed by atoms with van der Waals surface area (Å²) >= 11 is 0. The lowest BCUT2D eigenvalue weighted by Crippen LogP contribution is -2.42. The molecule has 1 aromatic carbocycles. The van der Waals surface area contributed by atoms with Gasteiger partial charge in [-0.05, 0) is 55.2 Å².